The van der Waals surface area contributed by atoms with Gasteiger partial charge in [-0.25, -0.2) is 0 Å². The first-order chi connectivity index (χ1) is 6.09. The molecule has 0 aromatic carbocycles. The van der Waals surface area contributed by atoms with E-state index in [2.05, 4.69) is 24.1 Å². The highest BCUT2D eigenvalue weighted by molar-refractivity contribution is 6.30. The SMILES string of the molecule is CC1(C)CNCc2cc(Cl)cnc21. The summed E-state index contributed by atoms with van der Waals surface area (Å²) in [6.45, 7) is 6.25. The zero-order valence-electron chi connectivity index (χ0n) is 7.89. The first kappa shape index (κ1) is 8.97. The fraction of sp³-hybridized carbons (Fsp3) is 0.500. The molecule has 3 heteroatoms. The van der Waals surface area contributed by atoms with Gasteiger partial charge in [-0.1, -0.05) is 25.4 Å². The van der Waals surface area contributed by atoms with Crippen molar-refractivity contribution in [2.24, 2.45) is 0 Å². The zero-order valence-corrected chi connectivity index (χ0v) is 8.65. The minimum Gasteiger partial charge on any atom is -0.312 e. The van der Waals surface area contributed by atoms with Crippen molar-refractivity contribution in [3.8, 4) is 0 Å². The molecule has 0 radical (unpaired) electrons. The van der Waals surface area contributed by atoms with Gasteiger partial charge in [0.1, 0.15) is 0 Å². The smallest absolute Gasteiger partial charge is 0.0592 e. The van der Waals surface area contributed by atoms with Crippen LogP contribution in [0.5, 0.6) is 0 Å². The van der Waals surface area contributed by atoms with Crippen molar-refractivity contribution in [2.45, 2.75) is 25.8 Å². The van der Waals surface area contributed by atoms with Crippen LogP contribution in [0.25, 0.3) is 0 Å². The molecular weight excluding hydrogens is 184 g/mol. The summed E-state index contributed by atoms with van der Waals surface area (Å²) in [7, 11) is 0. The normalized spacial score (nSPS) is 19.6. The second kappa shape index (κ2) is 2.96. The Morgan fingerprint density at radius 2 is 2.31 bits per heavy atom. The highest BCUT2D eigenvalue weighted by atomic mass is 35.5. The summed E-state index contributed by atoms with van der Waals surface area (Å²) in [5, 5.41) is 4.08. The predicted octanol–water partition coefficient (Wildman–Crippen LogP) is 2.12. The molecule has 2 heterocycles. The van der Waals surface area contributed by atoms with Crippen molar-refractivity contribution >= 4 is 11.6 Å². The summed E-state index contributed by atoms with van der Waals surface area (Å²) in [5.41, 5.74) is 2.53. The molecule has 0 aliphatic carbocycles. The van der Waals surface area contributed by atoms with Gasteiger partial charge in [0.25, 0.3) is 0 Å². The molecule has 0 bridgehead atoms. The second-order valence-electron chi connectivity index (χ2n) is 4.15. The van der Waals surface area contributed by atoms with Gasteiger partial charge in [-0.2, -0.15) is 0 Å². The van der Waals surface area contributed by atoms with Crippen LogP contribution in [0.4, 0.5) is 0 Å². The number of halogens is 1. The van der Waals surface area contributed by atoms with Crippen molar-refractivity contribution in [1.29, 1.82) is 0 Å². The molecule has 0 unspecified atom stereocenters. The maximum Gasteiger partial charge on any atom is 0.0592 e. The molecule has 1 N–H and O–H groups in total. The molecule has 70 valence electrons. The van der Waals surface area contributed by atoms with Crippen LogP contribution in [0.3, 0.4) is 0 Å². The van der Waals surface area contributed by atoms with E-state index in [0.717, 1.165) is 18.1 Å². The lowest BCUT2D eigenvalue weighted by atomic mass is 9.83. The maximum absolute atomic E-state index is 5.88. The molecule has 1 aliphatic rings. The van der Waals surface area contributed by atoms with E-state index in [1.165, 1.54) is 11.3 Å². The van der Waals surface area contributed by atoms with Crippen LogP contribution in [0.1, 0.15) is 25.1 Å². The fourth-order valence-electron chi connectivity index (χ4n) is 1.82. The van der Waals surface area contributed by atoms with Gasteiger partial charge >= 0.3 is 0 Å². The first-order valence-electron chi connectivity index (χ1n) is 4.45. The topological polar surface area (TPSA) is 24.9 Å². The Bertz CT molecular complexity index is 334. The fourth-order valence-corrected chi connectivity index (χ4v) is 2.00. The van der Waals surface area contributed by atoms with E-state index in [-0.39, 0.29) is 5.41 Å². The quantitative estimate of drug-likeness (QED) is 0.688. The minimum atomic E-state index is 0.123. The molecule has 1 aliphatic heterocycles. The largest absolute Gasteiger partial charge is 0.312 e. The van der Waals surface area contributed by atoms with Gasteiger partial charge in [-0.3, -0.25) is 4.98 Å². The number of hydrogen-bond acceptors (Lipinski definition) is 2. The lowest BCUT2D eigenvalue weighted by Gasteiger charge is -2.31. The molecule has 13 heavy (non-hydrogen) atoms. The number of hydrogen-bond donors (Lipinski definition) is 1. The van der Waals surface area contributed by atoms with Gasteiger partial charge in [0.05, 0.1) is 10.7 Å². The molecule has 0 fully saturated rings. The molecular formula is C10H13ClN2. The van der Waals surface area contributed by atoms with Crippen molar-refractivity contribution < 1.29 is 0 Å². The van der Waals surface area contributed by atoms with Crippen molar-refractivity contribution in [1.82, 2.24) is 10.3 Å². The van der Waals surface area contributed by atoms with E-state index in [1.807, 2.05) is 6.07 Å². The number of fused-ring (bicyclic) bond motifs is 1. The summed E-state index contributed by atoms with van der Waals surface area (Å²) in [4.78, 5) is 4.40. The molecule has 0 saturated heterocycles. The first-order valence-corrected chi connectivity index (χ1v) is 4.83. The molecule has 2 rings (SSSR count). The predicted molar refractivity (Wildman–Crippen MR) is 54.0 cm³/mol. The number of rotatable bonds is 0. The van der Waals surface area contributed by atoms with Crippen molar-refractivity contribution in [3.05, 3.63) is 28.5 Å². The average Bonchev–Trinajstić information content (AvgIpc) is 2.02. The average molecular weight is 197 g/mol. The Hall–Kier alpha value is -0.600. The molecule has 0 atom stereocenters. The number of nitrogens with zero attached hydrogens (tertiary/aromatic N) is 1. The van der Waals surface area contributed by atoms with Gasteiger partial charge < -0.3 is 5.32 Å². The van der Waals surface area contributed by atoms with Gasteiger partial charge in [-0.15, -0.1) is 0 Å². The van der Waals surface area contributed by atoms with Crippen LogP contribution < -0.4 is 5.32 Å². The van der Waals surface area contributed by atoms with E-state index in [9.17, 15) is 0 Å². The second-order valence-corrected chi connectivity index (χ2v) is 4.59. The maximum atomic E-state index is 5.88. The van der Waals surface area contributed by atoms with Crippen molar-refractivity contribution in [2.75, 3.05) is 6.54 Å². The summed E-state index contributed by atoms with van der Waals surface area (Å²) in [6.07, 6.45) is 1.73. The van der Waals surface area contributed by atoms with E-state index >= 15 is 0 Å². The van der Waals surface area contributed by atoms with Crippen LogP contribution in [-0.4, -0.2) is 11.5 Å². The van der Waals surface area contributed by atoms with Crippen molar-refractivity contribution in [3.63, 3.8) is 0 Å². The van der Waals surface area contributed by atoms with E-state index in [4.69, 9.17) is 11.6 Å². The molecule has 1 aromatic heterocycles. The Labute approximate surface area is 83.3 Å². The lowest BCUT2D eigenvalue weighted by Crippen LogP contribution is -2.39. The van der Waals surface area contributed by atoms with Crippen LogP contribution in [0, 0.1) is 0 Å². The highest BCUT2D eigenvalue weighted by Crippen LogP contribution is 2.28. The van der Waals surface area contributed by atoms with E-state index < -0.39 is 0 Å². The molecule has 0 saturated carbocycles. The lowest BCUT2D eigenvalue weighted by molar-refractivity contribution is 0.422. The number of nitrogens with one attached hydrogen (secondary N) is 1. The Morgan fingerprint density at radius 1 is 1.54 bits per heavy atom. The molecule has 0 spiro atoms. The number of aromatic nitrogens is 1. The van der Waals surface area contributed by atoms with E-state index in [0.29, 0.717) is 0 Å². The standard InChI is InChI=1S/C10H13ClN2/c1-10(2)6-12-4-7-3-8(11)5-13-9(7)10/h3,5,12H,4,6H2,1-2H3. The van der Waals surface area contributed by atoms with Gasteiger partial charge in [0.15, 0.2) is 0 Å². The Balaban J connectivity index is 2.53. The van der Waals surface area contributed by atoms with Crippen LogP contribution in [0.2, 0.25) is 5.02 Å². The van der Waals surface area contributed by atoms with E-state index in [1.54, 1.807) is 6.20 Å². The Kier molecular flexibility index (Phi) is 2.05. The monoisotopic (exact) mass is 196 g/mol. The molecule has 0 amide bonds. The molecule has 2 nitrogen and oxygen atoms in total. The Morgan fingerprint density at radius 3 is 3.08 bits per heavy atom. The van der Waals surface area contributed by atoms with Crippen LogP contribution in [-0.2, 0) is 12.0 Å². The van der Waals surface area contributed by atoms with Crippen LogP contribution >= 0.6 is 11.6 Å². The van der Waals surface area contributed by atoms with Gasteiger partial charge in [-0.05, 0) is 11.6 Å². The summed E-state index contributed by atoms with van der Waals surface area (Å²) in [6, 6.07) is 2.00. The highest BCUT2D eigenvalue weighted by Gasteiger charge is 2.28. The van der Waals surface area contributed by atoms with Gasteiger partial charge in [0.2, 0.25) is 0 Å². The van der Waals surface area contributed by atoms with Gasteiger partial charge in [0, 0.05) is 24.7 Å². The summed E-state index contributed by atoms with van der Waals surface area (Å²) < 4.78 is 0. The number of pyridine rings is 1. The minimum absolute atomic E-state index is 0.123. The summed E-state index contributed by atoms with van der Waals surface area (Å²) in [5.74, 6) is 0. The third kappa shape index (κ3) is 1.56. The zero-order chi connectivity index (χ0) is 9.47. The third-order valence-electron chi connectivity index (χ3n) is 2.46. The summed E-state index contributed by atoms with van der Waals surface area (Å²) >= 11 is 5.88. The van der Waals surface area contributed by atoms with Crippen LogP contribution in [0.15, 0.2) is 12.3 Å². The third-order valence-corrected chi connectivity index (χ3v) is 2.66. The molecule has 1 aromatic rings.